The van der Waals surface area contributed by atoms with Crippen LogP contribution in [-0.4, -0.2) is 20.1 Å². The zero-order chi connectivity index (χ0) is 14.8. The molecule has 112 valence electrons. The molecule has 0 spiro atoms. The van der Waals surface area contributed by atoms with Crippen molar-refractivity contribution in [1.82, 2.24) is 4.72 Å². The summed E-state index contributed by atoms with van der Waals surface area (Å²) >= 11 is 0. The minimum atomic E-state index is -3.73. The van der Waals surface area contributed by atoms with E-state index < -0.39 is 15.8 Å². The highest BCUT2D eigenvalue weighted by Crippen LogP contribution is 2.25. The van der Waals surface area contributed by atoms with Gasteiger partial charge in [-0.15, -0.1) is 0 Å². The lowest BCUT2D eigenvalue weighted by Gasteiger charge is -2.14. The Hall–Kier alpha value is -0.980. The van der Waals surface area contributed by atoms with Gasteiger partial charge in [0.25, 0.3) is 0 Å². The molecule has 0 atom stereocenters. The minimum Gasteiger partial charge on any atom is -0.392 e. The van der Waals surface area contributed by atoms with E-state index in [1.807, 2.05) is 0 Å². The number of rotatable bonds is 5. The topological polar surface area (TPSA) is 66.4 Å². The molecule has 2 N–H and O–H groups in total. The molecule has 0 radical (unpaired) electrons. The van der Waals surface area contributed by atoms with E-state index in [1.165, 1.54) is 13.0 Å². The Morgan fingerprint density at radius 1 is 1.35 bits per heavy atom. The van der Waals surface area contributed by atoms with Gasteiger partial charge in [-0.25, -0.2) is 17.5 Å². The molecule has 1 aliphatic carbocycles. The lowest BCUT2D eigenvalue weighted by atomic mass is 10.1. The number of sulfonamides is 1. The third kappa shape index (κ3) is 3.37. The molecule has 0 aromatic heterocycles. The van der Waals surface area contributed by atoms with E-state index in [4.69, 9.17) is 5.11 Å². The molecule has 0 saturated heterocycles. The molecule has 0 heterocycles. The van der Waals surface area contributed by atoms with E-state index in [0.29, 0.717) is 12.5 Å². The summed E-state index contributed by atoms with van der Waals surface area (Å²) in [6.45, 7) is 1.44. The van der Waals surface area contributed by atoms with Crippen molar-refractivity contribution < 1.29 is 17.9 Å². The number of hydrogen-bond acceptors (Lipinski definition) is 3. The maximum absolute atomic E-state index is 13.7. The maximum Gasteiger partial charge on any atom is 0.240 e. The third-order valence-electron chi connectivity index (χ3n) is 3.87. The second-order valence-corrected chi connectivity index (χ2v) is 7.10. The molecule has 20 heavy (non-hydrogen) atoms. The Kier molecular flexibility index (Phi) is 4.78. The van der Waals surface area contributed by atoms with Crippen LogP contribution in [0.5, 0.6) is 0 Å². The summed E-state index contributed by atoms with van der Waals surface area (Å²) in [5.41, 5.74) is 0.343. The van der Waals surface area contributed by atoms with Crippen LogP contribution in [0.25, 0.3) is 0 Å². The van der Waals surface area contributed by atoms with Crippen LogP contribution in [0.3, 0.4) is 0 Å². The van der Waals surface area contributed by atoms with Crippen LogP contribution in [0.2, 0.25) is 0 Å². The van der Waals surface area contributed by atoms with Gasteiger partial charge in [0.15, 0.2) is 0 Å². The lowest BCUT2D eigenvalue weighted by Crippen LogP contribution is -2.29. The van der Waals surface area contributed by atoms with Crippen LogP contribution in [-0.2, 0) is 16.6 Å². The summed E-state index contributed by atoms with van der Waals surface area (Å²) < 4.78 is 40.8. The highest BCUT2D eigenvalue weighted by atomic mass is 32.2. The number of aliphatic hydroxyl groups excluding tert-OH is 1. The molecule has 4 nitrogen and oxygen atoms in total. The van der Waals surface area contributed by atoms with Gasteiger partial charge in [0.2, 0.25) is 10.0 Å². The van der Waals surface area contributed by atoms with Crippen molar-refractivity contribution in [2.24, 2.45) is 5.92 Å². The van der Waals surface area contributed by atoms with Gasteiger partial charge in [0, 0.05) is 12.1 Å². The van der Waals surface area contributed by atoms with E-state index in [1.54, 1.807) is 0 Å². The first-order chi connectivity index (χ1) is 9.44. The molecular formula is C14H20FNO3S. The smallest absolute Gasteiger partial charge is 0.240 e. The van der Waals surface area contributed by atoms with Crippen LogP contribution >= 0.6 is 0 Å². The number of benzene rings is 1. The van der Waals surface area contributed by atoms with Crippen molar-refractivity contribution >= 4 is 10.0 Å². The average Bonchev–Trinajstić information content (AvgIpc) is 2.92. The van der Waals surface area contributed by atoms with Gasteiger partial charge >= 0.3 is 0 Å². The summed E-state index contributed by atoms with van der Waals surface area (Å²) in [6.07, 6.45) is 4.35. The molecule has 0 aliphatic heterocycles. The molecule has 1 aromatic carbocycles. The zero-order valence-corrected chi connectivity index (χ0v) is 12.3. The van der Waals surface area contributed by atoms with Crippen LogP contribution in [0, 0.1) is 18.7 Å². The molecule has 1 fully saturated rings. The van der Waals surface area contributed by atoms with E-state index in [0.717, 1.165) is 31.7 Å². The summed E-state index contributed by atoms with van der Waals surface area (Å²) in [5.74, 6) is -0.242. The molecule has 0 unspecified atom stereocenters. The summed E-state index contributed by atoms with van der Waals surface area (Å²) in [6, 6.07) is 2.49. The van der Waals surface area contributed by atoms with Crippen molar-refractivity contribution in [2.75, 3.05) is 6.54 Å². The first-order valence-corrected chi connectivity index (χ1v) is 8.32. The van der Waals surface area contributed by atoms with Gasteiger partial charge in [-0.1, -0.05) is 12.8 Å². The summed E-state index contributed by atoms with van der Waals surface area (Å²) in [7, 11) is -3.73. The van der Waals surface area contributed by atoms with Crippen molar-refractivity contribution in [1.29, 1.82) is 0 Å². The predicted molar refractivity (Wildman–Crippen MR) is 74.2 cm³/mol. The molecule has 0 amide bonds. The van der Waals surface area contributed by atoms with E-state index in [9.17, 15) is 12.8 Å². The Bertz CT molecular complexity index is 580. The van der Waals surface area contributed by atoms with Crippen molar-refractivity contribution in [3.8, 4) is 0 Å². The van der Waals surface area contributed by atoms with Gasteiger partial charge in [0.1, 0.15) is 5.82 Å². The Labute approximate surface area is 119 Å². The average molecular weight is 301 g/mol. The van der Waals surface area contributed by atoms with Crippen molar-refractivity contribution in [3.05, 3.63) is 29.1 Å². The van der Waals surface area contributed by atoms with Crippen LogP contribution in [0.15, 0.2) is 17.0 Å². The highest BCUT2D eigenvalue weighted by Gasteiger charge is 2.22. The van der Waals surface area contributed by atoms with Crippen LogP contribution in [0.4, 0.5) is 4.39 Å². The monoisotopic (exact) mass is 301 g/mol. The summed E-state index contributed by atoms with van der Waals surface area (Å²) in [4.78, 5) is -0.0838. The lowest BCUT2D eigenvalue weighted by molar-refractivity contribution is 0.281. The van der Waals surface area contributed by atoms with Crippen LogP contribution in [0.1, 0.15) is 36.8 Å². The predicted octanol–water partition coefficient (Wildman–Crippen LogP) is 2.09. The Morgan fingerprint density at radius 2 is 2.00 bits per heavy atom. The second-order valence-electron chi connectivity index (χ2n) is 5.36. The third-order valence-corrected chi connectivity index (χ3v) is 5.42. The number of hydrogen-bond donors (Lipinski definition) is 2. The first kappa shape index (κ1) is 15.4. The quantitative estimate of drug-likeness (QED) is 0.875. The molecule has 1 aromatic rings. The van der Waals surface area contributed by atoms with Crippen molar-refractivity contribution in [3.63, 3.8) is 0 Å². The Morgan fingerprint density at radius 3 is 2.60 bits per heavy atom. The minimum absolute atomic E-state index is 0.0838. The molecule has 6 heteroatoms. The van der Waals surface area contributed by atoms with Gasteiger partial charge in [0.05, 0.1) is 11.5 Å². The first-order valence-electron chi connectivity index (χ1n) is 6.83. The van der Waals surface area contributed by atoms with Crippen molar-refractivity contribution in [2.45, 2.75) is 44.1 Å². The molecule has 0 bridgehead atoms. The van der Waals surface area contributed by atoms with E-state index in [-0.39, 0.29) is 22.6 Å². The number of aliphatic hydroxyl groups is 1. The zero-order valence-electron chi connectivity index (χ0n) is 11.5. The fourth-order valence-corrected chi connectivity index (χ4v) is 4.01. The Balaban J connectivity index is 2.21. The number of nitrogens with one attached hydrogen (secondary N) is 1. The molecule has 1 aliphatic rings. The molecular weight excluding hydrogens is 281 g/mol. The largest absolute Gasteiger partial charge is 0.392 e. The fraction of sp³-hybridized carbons (Fsp3) is 0.571. The summed E-state index contributed by atoms with van der Waals surface area (Å²) in [5, 5.41) is 9.06. The molecule has 1 saturated carbocycles. The SMILES string of the molecule is Cc1c(F)cc(CO)cc1S(=O)(=O)NCC1CCCC1. The van der Waals surface area contributed by atoms with E-state index >= 15 is 0 Å². The van der Waals surface area contributed by atoms with Gasteiger partial charge in [-0.3, -0.25) is 0 Å². The normalized spacial score (nSPS) is 16.8. The van der Waals surface area contributed by atoms with Gasteiger partial charge < -0.3 is 5.11 Å². The van der Waals surface area contributed by atoms with Gasteiger partial charge in [-0.2, -0.15) is 0 Å². The van der Waals surface area contributed by atoms with E-state index in [2.05, 4.69) is 4.72 Å². The molecule has 2 rings (SSSR count). The maximum atomic E-state index is 13.7. The highest BCUT2D eigenvalue weighted by molar-refractivity contribution is 7.89. The second kappa shape index (κ2) is 6.20. The standard InChI is InChI=1S/C14H20FNO3S/c1-10-13(15)6-12(9-17)7-14(10)20(18,19)16-8-11-4-2-3-5-11/h6-7,11,16-17H,2-5,8-9H2,1H3. The van der Waals surface area contributed by atoms with Crippen LogP contribution < -0.4 is 4.72 Å². The van der Waals surface area contributed by atoms with Gasteiger partial charge in [-0.05, 0) is 43.4 Å². The number of halogens is 1. The fourth-order valence-electron chi connectivity index (χ4n) is 2.60.